The van der Waals surface area contributed by atoms with E-state index in [0.717, 1.165) is 0 Å². The lowest BCUT2D eigenvalue weighted by Crippen LogP contribution is -2.16. The van der Waals surface area contributed by atoms with Crippen molar-refractivity contribution in [3.05, 3.63) is 11.9 Å². The van der Waals surface area contributed by atoms with Crippen LogP contribution in [0.3, 0.4) is 0 Å². The van der Waals surface area contributed by atoms with E-state index in [2.05, 4.69) is 5.32 Å². The smallest absolute Gasteiger partial charge is 0.231 e. The number of hydrogen-bond acceptors (Lipinski definition) is 4. The topological polar surface area (TPSA) is 71.1 Å². The van der Waals surface area contributed by atoms with Gasteiger partial charge in [-0.25, -0.2) is 0 Å². The number of ether oxygens (including phenoxy) is 1. The molecular formula is C6H13N3O. The van der Waals surface area contributed by atoms with Crippen molar-refractivity contribution >= 4 is 5.90 Å². The van der Waals surface area contributed by atoms with Crippen molar-refractivity contribution in [2.75, 3.05) is 13.7 Å². The Morgan fingerprint density at radius 1 is 1.80 bits per heavy atom. The highest BCUT2D eigenvalue weighted by atomic mass is 16.5. The fourth-order valence-corrected chi connectivity index (χ4v) is 0.449. The molecule has 0 saturated heterocycles. The molecule has 0 saturated carbocycles. The fourth-order valence-electron chi connectivity index (χ4n) is 0.449. The molecule has 0 aromatic carbocycles. The van der Waals surface area contributed by atoms with Gasteiger partial charge >= 0.3 is 0 Å². The van der Waals surface area contributed by atoms with Crippen LogP contribution in [-0.2, 0) is 4.74 Å². The van der Waals surface area contributed by atoms with Gasteiger partial charge in [-0.1, -0.05) is 0 Å². The molecule has 0 aliphatic rings. The first-order valence-corrected chi connectivity index (χ1v) is 3.07. The lowest BCUT2D eigenvalue weighted by molar-refractivity contribution is 0.324. The SMILES string of the molecule is CCOC(=N)/C(N)=C\NC. The predicted octanol–water partition coefficient (Wildman–Crippen LogP) is 0.0197. The summed E-state index contributed by atoms with van der Waals surface area (Å²) in [6.45, 7) is 2.28. The minimum atomic E-state index is 0.0110. The second kappa shape index (κ2) is 4.67. The Morgan fingerprint density at radius 3 is 2.80 bits per heavy atom. The van der Waals surface area contributed by atoms with Crippen LogP contribution in [0, 0.1) is 5.41 Å². The zero-order valence-corrected chi connectivity index (χ0v) is 6.27. The highest BCUT2D eigenvalue weighted by molar-refractivity contribution is 5.89. The molecule has 58 valence electrons. The molecule has 10 heavy (non-hydrogen) atoms. The summed E-state index contributed by atoms with van der Waals surface area (Å²) in [4.78, 5) is 0. The first-order chi connectivity index (χ1) is 4.72. The van der Waals surface area contributed by atoms with Crippen molar-refractivity contribution < 1.29 is 4.74 Å². The van der Waals surface area contributed by atoms with Crippen molar-refractivity contribution in [2.45, 2.75) is 6.92 Å². The molecule has 0 bridgehead atoms. The standard InChI is InChI=1S/C6H13N3O/c1-3-10-6(8)5(7)4-9-2/h4,8-9H,3,7H2,1-2H3/b5-4+,8-6?. The van der Waals surface area contributed by atoms with Gasteiger partial charge in [-0.05, 0) is 6.92 Å². The van der Waals surface area contributed by atoms with E-state index in [1.54, 1.807) is 14.0 Å². The second-order valence-electron chi connectivity index (χ2n) is 1.65. The summed E-state index contributed by atoms with van der Waals surface area (Å²) in [7, 11) is 1.71. The van der Waals surface area contributed by atoms with Gasteiger partial charge in [0.05, 0.1) is 6.61 Å². The van der Waals surface area contributed by atoms with E-state index in [0.29, 0.717) is 12.3 Å². The van der Waals surface area contributed by atoms with Gasteiger partial charge in [-0.15, -0.1) is 0 Å². The van der Waals surface area contributed by atoms with Gasteiger partial charge in [0.2, 0.25) is 5.90 Å². The number of nitrogens with one attached hydrogen (secondary N) is 2. The largest absolute Gasteiger partial charge is 0.477 e. The molecule has 0 heterocycles. The maximum Gasteiger partial charge on any atom is 0.231 e. The summed E-state index contributed by atoms with van der Waals surface area (Å²) >= 11 is 0. The Labute approximate surface area is 60.6 Å². The molecule has 0 fully saturated rings. The zero-order chi connectivity index (χ0) is 7.98. The highest BCUT2D eigenvalue weighted by Crippen LogP contribution is 1.86. The molecule has 0 aliphatic carbocycles. The summed E-state index contributed by atoms with van der Waals surface area (Å²) in [6.07, 6.45) is 1.51. The molecule has 0 unspecified atom stereocenters. The van der Waals surface area contributed by atoms with E-state index in [1.165, 1.54) is 6.20 Å². The number of rotatable bonds is 3. The van der Waals surface area contributed by atoms with Crippen LogP contribution in [0.15, 0.2) is 11.9 Å². The Balaban J connectivity index is 3.82. The minimum Gasteiger partial charge on any atom is -0.477 e. The molecule has 0 rings (SSSR count). The third kappa shape index (κ3) is 2.96. The van der Waals surface area contributed by atoms with E-state index in [1.807, 2.05) is 0 Å². The highest BCUT2D eigenvalue weighted by Gasteiger charge is 1.97. The van der Waals surface area contributed by atoms with Crippen LogP contribution in [0.1, 0.15) is 6.92 Å². The fraction of sp³-hybridized carbons (Fsp3) is 0.500. The molecule has 4 N–H and O–H groups in total. The second-order valence-corrected chi connectivity index (χ2v) is 1.65. The molecule has 0 radical (unpaired) electrons. The third-order valence-corrected chi connectivity index (χ3v) is 0.851. The van der Waals surface area contributed by atoms with Crippen LogP contribution in [0.25, 0.3) is 0 Å². The monoisotopic (exact) mass is 143 g/mol. The maximum absolute atomic E-state index is 7.14. The first kappa shape index (κ1) is 8.81. The number of nitrogens with two attached hydrogens (primary N) is 1. The van der Waals surface area contributed by atoms with Gasteiger partial charge in [0.1, 0.15) is 5.70 Å². The summed E-state index contributed by atoms with van der Waals surface area (Å²) in [6, 6.07) is 0. The molecular weight excluding hydrogens is 130 g/mol. The van der Waals surface area contributed by atoms with Gasteiger partial charge in [-0.2, -0.15) is 0 Å². The Kier molecular flexibility index (Phi) is 4.11. The minimum absolute atomic E-state index is 0.0110. The van der Waals surface area contributed by atoms with Crippen LogP contribution in [0.4, 0.5) is 0 Å². The van der Waals surface area contributed by atoms with Gasteiger partial charge in [-0.3, -0.25) is 5.41 Å². The van der Waals surface area contributed by atoms with E-state index in [4.69, 9.17) is 15.9 Å². The summed E-state index contributed by atoms with van der Waals surface area (Å²) in [5.41, 5.74) is 5.67. The van der Waals surface area contributed by atoms with Crippen LogP contribution in [0.5, 0.6) is 0 Å². The molecule has 0 aliphatic heterocycles. The van der Waals surface area contributed by atoms with E-state index < -0.39 is 0 Å². The quantitative estimate of drug-likeness (QED) is 0.385. The zero-order valence-electron chi connectivity index (χ0n) is 6.27. The van der Waals surface area contributed by atoms with Crippen molar-refractivity contribution in [3.8, 4) is 0 Å². The van der Waals surface area contributed by atoms with Crippen molar-refractivity contribution in [2.24, 2.45) is 5.73 Å². The average Bonchev–Trinajstić information content (AvgIpc) is 1.89. The molecule has 0 atom stereocenters. The lowest BCUT2D eigenvalue weighted by atomic mass is 10.5. The molecule has 0 aromatic rings. The van der Waals surface area contributed by atoms with Gasteiger partial charge in [0, 0.05) is 13.2 Å². The Morgan fingerprint density at radius 2 is 2.40 bits per heavy atom. The molecule has 0 amide bonds. The number of hydrogen-bond donors (Lipinski definition) is 3. The molecule has 0 spiro atoms. The van der Waals surface area contributed by atoms with Crippen LogP contribution in [0.2, 0.25) is 0 Å². The van der Waals surface area contributed by atoms with E-state index in [-0.39, 0.29) is 5.90 Å². The summed E-state index contributed by atoms with van der Waals surface area (Å²) < 4.78 is 4.81. The van der Waals surface area contributed by atoms with Gasteiger partial charge in [0.15, 0.2) is 0 Å². The van der Waals surface area contributed by atoms with Crippen molar-refractivity contribution in [1.82, 2.24) is 5.32 Å². The van der Waals surface area contributed by atoms with Crippen LogP contribution in [-0.4, -0.2) is 19.6 Å². The third-order valence-electron chi connectivity index (χ3n) is 0.851. The van der Waals surface area contributed by atoms with E-state index in [9.17, 15) is 0 Å². The van der Waals surface area contributed by atoms with Crippen LogP contribution < -0.4 is 11.1 Å². The van der Waals surface area contributed by atoms with Crippen molar-refractivity contribution in [1.29, 1.82) is 5.41 Å². The summed E-state index contributed by atoms with van der Waals surface area (Å²) in [5, 5.41) is 9.84. The Bertz CT molecular complexity index is 142. The lowest BCUT2D eigenvalue weighted by Gasteiger charge is -2.03. The predicted molar refractivity (Wildman–Crippen MR) is 40.7 cm³/mol. The molecule has 0 aromatic heterocycles. The average molecular weight is 143 g/mol. The molecule has 4 nitrogen and oxygen atoms in total. The Hall–Kier alpha value is -1.19. The first-order valence-electron chi connectivity index (χ1n) is 3.07. The van der Waals surface area contributed by atoms with E-state index >= 15 is 0 Å². The summed E-state index contributed by atoms with van der Waals surface area (Å²) in [5.74, 6) is 0.0110. The van der Waals surface area contributed by atoms with Crippen molar-refractivity contribution in [3.63, 3.8) is 0 Å². The van der Waals surface area contributed by atoms with Crippen LogP contribution >= 0.6 is 0 Å². The maximum atomic E-state index is 7.14. The van der Waals surface area contributed by atoms with Gasteiger partial charge < -0.3 is 15.8 Å². The van der Waals surface area contributed by atoms with Gasteiger partial charge in [0.25, 0.3) is 0 Å². The normalized spacial score (nSPS) is 10.8. The molecule has 4 heteroatoms.